The molecule has 1 aromatic carbocycles. The number of hydrogen-bond donors (Lipinski definition) is 7. The van der Waals surface area contributed by atoms with Crippen LogP contribution in [0.4, 0.5) is 9.59 Å². The minimum Gasteiger partial charge on any atom is -0.444 e. The minimum atomic E-state index is -1.49. The van der Waals surface area contributed by atoms with Gasteiger partial charge in [0, 0.05) is 31.7 Å². The number of amides is 8. The SMILES string of the molecule is CCCCCC[C@H]1OC[C@@H](C)NC(=O)[C@H](CNC(=O)c2ccc(CCNC(=O)OC(C)(C)C)cc2)NC(=O)[C@H](CNC(=O)OC(C)(C)C)NC(=O)[C@H](C2CCCCCC2)NC(=O)[C@H](CCC)N(C)C(=O)[C@@H]1C. The fraction of sp³-hybridized carbons (Fsp3) is 0.736. The largest absolute Gasteiger partial charge is 0.444 e. The minimum absolute atomic E-state index is 0.00137. The molecule has 406 valence electrons. The number of nitrogens with one attached hydrogen (secondary N) is 7. The fourth-order valence-corrected chi connectivity index (χ4v) is 8.80. The summed E-state index contributed by atoms with van der Waals surface area (Å²) < 4.78 is 17.2. The molecule has 7 N–H and O–H groups in total. The van der Waals surface area contributed by atoms with Crippen LogP contribution in [0.3, 0.4) is 0 Å². The number of hydrogen-bond acceptors (Lipinski definition) is 11. The zero-order valence-corrected chi connectivity index (χ0v) is 45.1. The second-order valence-electron chi connectivity index (χ2n) is 21.5. The highest BCUT2D eigenvalue weighted by Crippen LogP contribution is 2.27. The number of carbonyl (C=O) groups excluding carboxylic acids is 8. The van der Waals surface area contributed by atoms with Crippen molar-refractivity contribution in [3.05, 3.63) is 35.4 Å². The molecule has 0 spiro atoms. The van der Waals surface area contributed by atoms with E-state index in [2.05, 4.69) is 44.1 Å². The zero-order chi connectivity index (χ0) is 53.6. The quantitative estimate of drug-likeness (QED) is 0.0797. The number of rotatable bonds is 16. The number of ether oxygens (including phenoxy) is 3. The van der Waals surface area contributed by atoms with E-state index in [9.17, 15) is 38.4 Å². The Hall–Kier alpha value is -5.46. The summed E-state index contributed by atoms with van der Waals surface area (Å²) in [6.07, 6.45) is 8.53. The van der Waals surface area contributed by atoms with Gasteiger partial charge in [0.1, 0.15) is 35.4 Å². The van der Waals surface area contributed by atoms with Gasteiger partial charge >= 0.3 is 12.2 Å². The van der Waals surface area contributed by atoms with Gasteiger partial charge in [-0.25, -0.2) is 9.59 Å². The Balaban J connectivity index is 2.04. The Morgan fingerprint density at radius 3 is 1.83 bits per heavy atom. The van der Waals surface area contributed by atoms with Gasteiger partial charge in [-0.05, 0) is 104 Å². The van der Waals surface area contributed by atoms with Crippen molar-refractivity contribution in [2.24, 2.45) is 11.8 Å². The summed E-state index contributed by atoms with van der Waals surface area (Å²) in [6, 6.07) is 1.11. The van der Waals surface area contributed by atoms with Crippen LogP contribution in [0.15, 0.2) is 24.3 Å². The molecule has 19 nitrogen and oxygen atoms in total. The predicted octanol–water partition coefficient (Wildman–Crippen LogP) is 5.57. The smallest absolute Gasteiger partial charge is 0.407 e. The molecular formula is C53H88N8O11. The first kappa shape index (κ1) is 60.8. The van der Waals surface area contributed by atoms with E-state index in [0.717, 1.165) is 56.9 Å². The van der Waals surface area contributed by atoms with E-state index in [1.165, 1.54) is 4.90 Å². The van der Waals surface area contributed by atoms with Crippen LogP contribution in [0.5, 0.6) is 0 Å². The van der Waals surface area contributed by atoms with Crippen molar-refractivity contribution in [2.45, 2.75) is 207 Å². The lowest BCUT2D eigenvalue weighted by atomic mass is 9.90. The van der Waals surface area contributed by atoms with Gasteiger partial charge in [-0.15, -0.1) is 0 Å². The van der Waals surface area contributed by atoms with E-state index in [0.29, 0.717) is 45.1 Å². The molecule has 0 radical (unpaired) electrons. The summed E-state index contributed by atoms with van der Waals surface area (Å²) >= 11 is 0. The van der Waals surface area contributed by atoms with Crippen molar-refractivity contribution in [1.29, 1.82) is 0 Å². The molecule has 1 aliphatic heterocycles. The first-order valence-corrected chi connectivity index (χ1v) is 26.3. The van der Waals surface area contributed by atoms with Crippen LogP contribution in [-0.2, 0) is 44.6 Å². The zero-order valence-electron chi connectivity index (χ0n) is 45.1. The normalized spacial score (nSPS) is 23.9. The lowest BCUT2D eigenvalue weighted by Gasteiger charge is -2.34. The number of benzene rings is 1. The summed E-state index contributed by atoms with van der Waals surface area (Å²) in [4.78, 5) is 113. The maximum Gasteiger partial charge on any atom is 0.407 e. The molecule has 1 saturated carbocycles. The molecule has 1 aromatic rings. The Kier molecular flexibility index (Phi) is 25.3. The third-order valence-corrected chi connectivity index (χ3v) is 12.7. The van der Waals surface area contributed by atoms with Crippen molar-refractivity contribution in [1.82, 2.24) is 42.1 Å². The Bertz CT molecular complexity index is 1930. The molecule has 0 aromatic heterocycles. The van der Waals surface area contributed by atoms with Crippen LogP contribution in [0.2, 0.25) is 0 Å². The molecule has 19 heteroatoms. The molecule has 1 aliphatic carbocycles. The van der Waals surface area contributed by atoms with Crippen LogP contribution in [0.1, 0.15) is 169 Å². The lowest BCUT2D eigenvalue weighted by Crippen LogP contribution is -2.63. The highest BCUT2D eigenvalue weighted by atomic mass is 16.6. The van der Waals surface area contributed by atoms with Gasteiger partial charge in [0.15, 0.2) is 0 Å². The predicted molar refractivity (Wildman–Crippen MR) is 275 cm³/mol. The second kappa shape index (κ2) is 29.9. The summed E-state index contributed by atoms with van der Waals surface area (Å²) in [5.74, 6) is -4.53. The topological polar surface area (TPSA) is 252 Å². The Morgan fingerprint density at radius 1 is 0.681 bits per heavy atom. The summed E-state index contributed by atoms with van der Waals surface area (Å²) in [5.41, 5.74) is -0.420. The first-order valence-electron chi connectivity index (χ1n) is 26.3. The molecule has 72 heavy (non-hydrogen) atoms. The number of carbonyl (C=O) groups is 8. The first-order chi connectivity index (χ1) is 33.9. The van der Waals surface area contributed by atoms with Crippen molar-refractivity contribution in [2.75, 3.05) is 33.3 Å². The molecule has 8 amide bonds. The summed E-state index contributed by atoms with van der Waals surface area (Å²) in [5, 5.41) is 19.4. The van der Waals surface area contributed by atoms with Crippen LogP contribution in [0.25, 0.3) is 0 Å². The number of likely N-dealkylation sites (N-methyl/N-ethyl adjacent to an activating group) is 1. The maximum atomic E-state index is 14.7. The highest BCUT2D eigenvalue weighted by Gasteiger charge is 2.39. The van der Waals surface area contributed by atoms with E-state index in [1.54, 1.807) is 86.7 Å². The van der Waals surface area contributed by atoms with E-state index >= 15 is 0 Å². The monoisotopic (exact) mass is 1010 g/mol. The molecule has 0 bridgehead atoms. The molecule has 2 aliphatic rings. The maximum absolute atomic E-state index is 14.7. The van der Waals surface area contributed by atoms with Gasteiger partial charge in [0.05, 0.1) is 25.2 Å². The standard InChI is InChI=1S/C53H88N8O11/c1-12-14-15-20-24-42-35(4)49(67)61(11)41(21-13-2)47(65)60-43(37-22-18-16-17-19-23-37)48(66)59-40(32-56-51(69)72-53(8,9)10)46(64)58-39(45(63)57-34(3)33-70-42)31-55-44(62)38-27-25-36(26-28-38)29-30-54-50(68)71-52(5,6)7/h25-28,34-35,37,39-43H,12-24,29-33H2,1-11H3,(H,54,68)(H,55,62)(H,56,69)(H,57,63)(H,58,64)(H,59,66)(H,60,65)/t34-,35-,39+,40+,41+,42-,43+/m1/s1. The Labute approximate surface area is 428 Å². The molecule has 1 saturated heterocycles. The number of alkyl carbamates (subject to hydrolysis) is 2. The average Bonchev–Trinajstić information content (AvgIpc) is 3.59. The van der Waals surface area contributed by atoms with Crippen LogP contribution >= 0.6 is 0 Å². The molecule has 0 unspecified atom stereocenters. The van der Waals surface area contributed by atoms with Crippen LogP contribution in [-0.4, -0.2) is 133 Å². The molecule has 2 fully saturated rings. The molecular weight excluding hydrogens is 925 g/mol. The van der Waals surface area contributed by atoms with E-state index in [1.807, 2.05) is 6.92 Å². The average molecular weight is 1010 g/mol. The van der Waals surface area contributed by atoms with Gasteiger partial charge in [-0.3, -0.25) is 28.8 Å². The third kappa shape index (κ3) is 21.7. The second-order valence-corrected chi connectivity index (χ2v) is 21.5. The Morgan fingerprint density at radius 2 is 1.25 bits per heavy atom. The third-order valence-electron chi connectivity index (χ3n) is 12.7. The van der Waals surface area contributed by atoms with E-state index in [-0.39, 0.29) is 30.5 Å². The van der Waals surface area contributed by atoms with E-state index < -0.39 is 102 Å². The summed E-state index contributed by atoms with van der Waals surface area (Å²) in [6.45, 7) is 17.3. The van der Waals surface area contributed by atoms with Crippen LogP contribution < -0.4 is 37.2 Å². The molecule has 3 rings (SSSR count). The van der Waals surface area contributed by atoms with Gasteiger partial charge in [0.2, 0.25) is 29.5 Å². The number of nitrogens with zero attached hydrogens (tertiary/aromatic N) is 1. The lowest BCUT2D eigenvalue weighted by molar-refractivity contribution is -0.147. The van der Waals surface area contributed by atoms with Crippen molar-refractivity contribution < 1.29 is 52.6 Å². The van der Waals surface area contributed by atoms with E-state index in [4.69, 9.17) is 14.2 Å². The van der Waals surface area contributed by atoms with Gasteiger partial charge in [-0.2, -0.15) is 0 Å². The van der Waals surface area contributed by atoms with Crippen LogP contribution in [0, 0.1) is 11.8 Å². The molecule has 7 atom stereocenters. The molecule has 1 heterocycles. The fourth-order valence-electron chi connectivity index (χ4n) is 8.80. The number of unbranched alkanes of at least 4 members (excludes halogenated alkanes) is 3. The highest BCUT2D eigenvalue weighted by molar-refractivity contribution is 5.97. The van der Waals surface area contributed by atoms with Gasteiger partial charge in [0.25, 0.3) is 5.91 Å². The van der Waals surface area contributed by atoms with Gasteiger partial charge < -0.3 is 56.3 Å². The van der Waals surface area contributed by atoms with Gasteiger partial charge in [-0.1, -0.05) is 90.7 Å². The van der Waals surface area contributed by atoms with Crippen molar-refractivity contribution in [3.63, 3.8) is 0 Å². The summed E-state index contributed by atoms with van der Waals surface area (Å²) in [7, 11) is 1.60. The van der Waals surface area contributed by atoms with Crippen molar-refractivity contribution >= 4 is 47.6 Å². The van der Waals surface area contributed by atoms with Crippen molar-refractivity contribution in [3.8, 4) is 0 Å².